The van der Waals surface area contributed by atoms with Crippen molar-refractivity contribution < 1.29 is 18.3 Å². The fraction of sp³-hybridized carbons (Fsp3) is 0.0833. The quantitative estimate of drug-likeness (QED) is 0.792. The lowest BCUT2D eigenvalue weighted by Gasteiger charge is -2.05. The summed E-state index contributed by atoms with van der Waals surface area (Å²) in [7, 11) is -3.69. The Balaban J connectivity index is 2.15. The average molecular weight is 411 g/mol. The molecule has 2 aromatic rings. The first-order chi connectivity index (χ1) is 9.79. The Morgan fingerprint density at radius 2 is 2.10 bits per heavy atom. The molecule has 0 spiro atoms. The van der Waals surface area contributed by atoms with Gasteiger partial charge in [-0.15, -0.1) is 11.3 Å². The van der Waals surface area contributed by atoms with Gasteiger partial charge in [0.15, 0.2) is 0 Å². The van der Waals surface area contributed by atoms with Crippen LogP contribution in [0, 0.1) is 0 Å². The Morgan fingerprint density at radius 1 is 1.38 bits per heavy atom. The van der Waals surface area contributed by atoms with Crippen LogP contribution in [0.25, 0.3) is 0 Å². The van der Waals surface area contributed by atoms with Crippen LogP contribution in [0.2, 0.25) is 5.02 Å². The van der Waals surface area contributed by atoms with Crippen molar-refractivity contribution >= 4 is 54.9 Å². The molecule has 0 aliphatic carbocycles. The van der Waals surface area contributed by atoms with E-state index in [1.54, 1.807) is 12.1 Å². The number of hydrogen-bond acceptors (Lipinski definition) is 4. The van der Waals surface area contributed by atoms with Gasteiger partial charge in [-0.25, -0.2) is 17.9 Å². The first-order valence-electron chi connectivity index (χ1n) is 5.56. The molecule has 21 heavy (non-hydrogen) atoms. The first kappa shape index (κ1) is 16.4. The molecule has 0 saturated heterocycles. The number of carbonyl (C=O) groups is 1. The molecule has 0 atom stereocenters. The van der Waals surface area contributed by atoms with Crippen LogP contribution in [0.15, 0.2) is 38.3 Å². The highest BCUT2D eigenvalue weighted by Gasteiger charge is 2.18. The second-order valence-corrected chi connectivity index (χ2v) is 8.79. The number of hydrogen-bond donors (Lipinski definition) is 2. The maximum absolute atomic E-state index is 12.1. The Bertz CT molecular complexity index is 769. The van der Waals surface area contributed by atoms with Crippen LogP contribution in [-0.2, 0) is 16.6 Å². The maximum atomic E-state index is 12.1. The zero-order chi connectivity index (χ0) is 15.6. The molecule has 2 N–H and O–H groups in total. The van der Waals surface area contributed by atoms with Crippen LogP contribution in [0.3, 0.4) is 0 Å². The zero-order valence-electron chi connectivity index (χ0n) is 10.3. The van der Waals surface area contributed by atoms with Crippen LogP contribution in [0.5, 0.6) is 0 Å². The van der Waals surface area contributed by atoms with Gasteiger partial charge in [-0.3, -0.25) is 0 Å². The summed E-state index contributed by atoms with van der Waals surface area (Å²) in [5.74, 6) is -1.06. The number of carboxylic acids is 1. The molecule has 1 aromatic carbocycles. The molecule has 0 aliphatic heterocycles. The van der Waals surface area contributed by atoms with Gasteiger partial charge in [0.2, 0.25) is 10.0 Å². The molecule has 0 saturated carbocycles. The molecule has 0 amide bonds. The molecular weight excluding hydrogens is 402 g/mol. The van der Waals surface area contributed by atoms with Crippen molar-refractivity contribution in [2.75, 3.05) is 0 Å². The van der Waals surface area contributed by atoms with E-state index in [0.717, 1.165) is 11.3 Å². The maximum Gasteiger partial charge on any atom is 0.335 e. The number of thiophene rings is 1. The van der Waals surface area contributed by atoms with Gasteiger partial charge in [-0.1, -0.05) is 23.7 Å². The predicted octanol–water partition coefficient (Wildman–Crippen LogP) is 3.34. The van der Waals surface area contributed by atoms with Crippen LogP contribution < -0.4 is 4.72 Å². The molecular formula is C12H9BrClNO4S2. The van der Waals surface area contributed by atoms with E-state index in [1.165, 1.54) is 18.2 Å². The van der Waals surface area contributed by atoms with E-state index >= 15 is 0 Å². The highest BCUT2D eigenvalue weighted by Crippen LogP contribution is 2.34. The monoisotopic (exact) mass is 409 g/mol. The Labute approximate surface area is 138 Å². The molecule has 0 fully saturated rings. The SMILES string of the molecule is O=C(O)c1cccc(CNS(=O)(=O)c2cc(Cl)c(Br)s2)c1. The molecule has 1 aromatic heterocycles. The molecule has 5 nitrogen and oxygen atoms in total. The van der Waals surface area contributed by atoms with Crippen molar-refractivity contribution in [3.8, 4) is 0 Å². The molecule has 0 bridgehead atoms. The van der Waals surface area contributed by atoms with E-state index in [9.17, 15) is 13.2 Å². The van der Waals surface area contributed by atoms with Crippen LogP contribution in [0.4, 0.5) is 0 Å². The molecule has 9 heteroatoms. The van der Waals surface area contributed by atoms with Crippen molar-refractivity contribution in [1.29, 1.82) is 0 Å². The summed E-state index contributed by atoms with van der Waals surface area (Å²) in [4.78, 5) is 10.9. The Hall–Kier alpha value is -0.930. The second kappa shape index (κ2) is 6.45. The van der Waals surface area contributed by atoms with Gasteiger partial charge in [-0.2, -0.15) is 0 Å². The van der Waals surface area contributed by atoms with E-state index in [-0.39, 0.29) is 16.3 Å². The number of halogens is 2. The highest BCUT2D eigenvalue weighted by molar-refractivity contribution is 9.11. The number of sulfonamides is 1. The lowest BCUT2D eigenvalue weighted by molar-refractivity contribution is 0.0696. The number of carboxylic acid groups (broad SMARTS) is 1. The largest absolute Gasteiger partial charge is 0.478 e. The van der Waals surface area contributed by atoms with Crippen molar-refractivity contribution in [3.63, 3.8) is 0 Å². The van der Waals surface area contributed by atoms with E-state index < -0.39 is 16.0 Å². The summed E-state index contributed by atoms with van der Waals surface area (Å²) in [6.45, 7) is -0.00338. The lowest BCUT2D eigenvalue weighted by atomic mass is 10.1. The molecule has 112 valence electrons. The van der Waals surface area contributed by atoms with Crippen LogP contribution >= 0.6 is 38.9 Å². The van der Waals surface area contributed by atoms with E-state index in [4.69, 9.17) is 16.7 Å². The normalized spacial score (nSPS) is 11.5. The number of aromatic carboxylic acids is 1. The third-order valence-corrected chi connectivity index (χ3v) is 6.88. The summed E-state index contributed by atoms with van der Waals surface area (Å²) in [6, 6.07) is 7.42. The standard InChI is InChI=1S/C12H9BrClNO4S2/c13-11-9(14)5-10(20-11)21(18,19)15-6-7-2-1-3-8(4-7)12(16)17/h1-5,15H,6H2,(H,16,17). The number of nitrogens with one attached hydrogen (secondary N) is 1. The number of rotatable bonds is 5. The van der Waals surface area contributed by atoms with Gasteiger partial charge in [0, 0.05) is 6.54 Å². The topological polar surface area (TPSA) is 83.5 Å². The smallest absolute Gasteiger partial charge is 0.335 e. The minimum atomic E-state index is -3.69. The summed E-state index contributed by atoms with van der Waals surface area (Å²) >= 11 is 9.98. The van der Waals surface area contributed by atoms with Gasteiger partial charge in [-0.05, 0) is 39.7 Å². The van der Waals surface area contributed by atoms with Crippen molar-refractivity contribution in [3.05, 3.63) is 50.3 Å². The minimum Gasteiger partial charge on any atom is -0.478 e. The summed E-state index contributed by atoms with van der Waals surface area (Å²) < 4.78 is 27.2. The molecule has 1 heterocycles. The van der Waals surface area contributed by atoms with Crippen molar-refractivity contribution in [2.45, 2.75) is 10.8 Å². The van der Waals surface area contributed by atoms with Crippen LogP contribution in [0.1, 0.15) is 15.9 Å². The van der Waals surface area contributed by atoms with E-state index in [2.05, 4.69) is 20.7 Å². The fourth-order valence-electron chi connectivity index (χ4n) is 1.52. The van der Waals surface area contributed by atoms with E-state index in [0.29, 0.717) is 14.4 Å². The Kier molecular flexibility index (Phi) is 5.05. The zero-order valence-corrected chi connectivity index (χ0v) is 14.3. The lowest BCUT2D eigenvalue weighted by Crippen LogP contribution is -2.22. The van der Waals surface area contributed by atoms with Gasteiger partial charge >= 0.3 is 5.97 Å². The van der Waals surface area contributed by atoms with Crippen molar-refractivity contribution in [2.24, 2.45) is 0 Å². The third-order valence-electron chi connectivity index (χ3n) is 2.53. The molecule has 2 rings (SSSR count). The fourth-order valence-corrected chi connectivity index (χ4v) is 4.98. The average Bonchev–Trinajstić information content (AvgIpc) is 2.78. The second-order valence-electron chi connectivity index (χ2n) is 4.02. The third kappa shape index (κ3) is 4.04. The predicted molar refractivity (Wildman–Crippen MR) is 84.5 cm³/mol. The van der Waals surface area contributed by atoms with Crippen molar-refractivity contribution in [1.82, 2.24) is 4.72 Å². The van der Waals surface area contributed by atoms with Gasteiger partial charge in [0.1, 0.15) is 4.21 Å². The first-order valence-corrected chi connectivity index (χ1v) is 9.03. The van der Waals surface area contributed by atoms with E-state index in [1.807, 2.05) is 0 Å². The van der Waals surface area contributed by atoms with Crippen LogP contribution in [-0.4, -0.2) is 19.5 Å². The summed E-state index contributed by atoms with van der Waals surface area (Å²) in [6.07, 6.45) is 0. The minimum absolute atomic E-state index is 0.00338. The highest BCUT2D eigenvalue weighted by atomic mass is 79.9. The van der Waals surface area contributed by atoms with Gasteiger partial charge < -0.3 is 5.11 Å². The van der Waals surface area contributed by atoms with Gasteiger partial charge in [0.25, 0.3) is 0 Å². The summed E-state index contributed by atoms with van der Waals surface area (Å²) in [5, 5.41) is 9.22. The molecule has 0 unspecified atom stereocenters. The number of benzene rings is 1. The van der Waals surface area contributed by atoms with Gasteiger partial charge in [0.05, 0.1) is 14.4 Å². The summed E-state index contributed by atoms with van der Waals surface area (Å²) in [5.41, 5.74) is 0.661. The molecule has 0 aliphatic rings. The molecule has 0 radical (unpaired) electrons. The Morgan fingerprint density at radius 3 is 2.67 bits per heavy atom.